The lowest BCUT2D eigenvalue weighted by atomic mass is 9.92. The lowest BCUT2D eigenvalue weighted by molar-refractivity contribution is 0.171. The molecule has 2 rings (SSSR count). The first kappa shape index (κ1) is 13.6. The third kappa shape index (κ3) is 4.11. The third-order valence-electron chi connectivity index (χ3n) is 4.05. The van der Waals surface area contributed by atoms with Crippen LogP contribution in [-0.4, -0.2) is 24.5 Å². The van der Waals surface area contributed by atoms with Crippen LogP contribution in [0.25, 0.3) is 0 Å². The van der Waals surface area contributed by atoms with Crippen LogP contribution < -0.4 is 5.73 Å². The van der Waals surface area contributed by atoms with Gasteiger partial charge >= 0.3 is 0 Å². The van der Waals surface area contributed by atoms with Crippen LogP contribution in [0.15, 0.2) is 24.3 Å². The highest BCUT2D eigenvalue weighted by Crippen LogP contribution is 2.22. The molecule has 0 radical (unpaired) electrons. The molecule has 1 aliphatic rings. The van der Waals surface area contributed by atoms with E-state index in [1.807, 2.05) is 0 Å². The molecular weight excluding hydrogens is 220 g/mol. The van der Waals surface area contributed by atoms with E-state index in [0.29, 0.717) is 0 Å². The van der Waals surface area contributed by atoms with Gasteiger partial charge in [-0.3, -0.25) is 4.90 Å². The standard InChI is InChI=1S/C16H26N2/c1-14-4-6-16(7-5-14)13-18-11-8-15(9-12-18)3-2-10-17/h4-7,15H,2-3,8-13,17H2,1H3. The van der Waals surface area contributed by atoms with E-state index in [9.17, 15) is 0 Å². The second kappa shape index (κ2) is 6.91. The number of nitrogens with two attached hydrogens (primary N) is 1. The lowest BCUT2D eigenvalue weighted by Gasteiger charge is -2.32. The Morgan fingerprint density at radius 2 is 1.83 bits per heavy atom. The monoisotopic (exact) mass is 246 g/mol. The summed E-state index contributed by atoms with van der Waals surface area (Å²) in [6, 6.07) is 8.94. The molecule has 0 aliphatic carbocycles. The fraction of sp³-hybridized carbons (Fsp3) is 0.625. The topological polar surface area (TPSA) is 29.3 Å². The Kier molecular flexibility index (Phi) is 5.21. The van der Waals surface area contributed by atoms with Gasteiger partial charge < -0.3 is 5.73 Å². The van der Waals surface area contributed by atoms with E-state index in [0.717, 1.165) is 19.0 Å². The molecule has 1 heterocycles. The van der Waals surface area contributed by atoms with E-state index in [1.165, 1.54) is 49.9 Å². The van der Waals surface area contributed by atoms with Gasteiger partial charge in [0, 0.05) is 6.54 Å². The molecule has 0 amide bonds. The van der Waals surface area contributed by atoms with Crippen molar-refractivity contribution in [2.24, 2.45) is 11.7 Å². The molecule has 18 heavy (non-hydrogen) atoms. The normalized spacial score (nSPS) is 18.1. The van der Waals surface area contributed by atoms with Gasteiger partial charge in [0.1, 0.15) is 0 Å². The first-order valence-electron chi connectivity index (χ1n) is 7.26. The maximum Gasteiger partial charge on any atom is 0.0233 e. The fourth-order valence-electron chi connectivity index (χ4n) is 2.79. The average molecular weight is 246 g/mol. The molecule has 0 bridgehead atoms. The molecule has 0 aromatic heterocycles. The van der Waals surface area contributed by atoms with Crippen molar-refractivity contribution in [3.63, 3.8) is 0 Å². The fourth-order valence-corrected chi connectivity index (χ4v) is 2.79. The predicted molar refractivity (Wildman–Crippen MR) is 77.5 cm³/mol. The third-order valence-corrected chi connectivity index (χ3v) is 4.05. The van der Waals surface area contributed by atoms with E-state index in [-0.39, 0.29) is 0 Å². The van der Waals surface area contributed by atoms with Crippen molar-refractivity contribution in [2.75, 3.05) is 19.6 Å². The van der Waals surface area contributed by atoms with Crippen molar-refractivity contribution in [2.45, 2.75) is 39.2 Å². The molecule has 2 N–H and O–H groups in total. The summed E-state index contributed by atoms with van der Waals surface area (Å²) in [5.74, 6) is 0.919. The molecule has 1 saturated heterocycles. The van der Waals surface area contributed by atoms with Gasteiger partial charge in [0.25, 0.3) is 0 Å². The highest BCUT2D eigenvalue weighted by Gasteiger charge is 2.18. The zero-order chi connectivity index (χ0) is 12.8. The van der Waals surface area contributed by atoms with E-state index in [1.54, 1.807) is 0 Å². The number of likely N-dealkylation sites (tertiary alicyclic amines) is 1. The van der Waals surface area contributed by atoms with Crippen molar-refractivity contribution in [3.8, 4) is 0 Å². The Labute approximate surface area is 111 Å². The highest BCUT2D eigenvalue weighted by atomic mass is 15.1. The summed E-state index contributed by atoms with van der Waals surface area (Å²) in [5, 5.41) is 0. The maximum atomic E-state index is 5.58. The van der Waals surface area contributed by atoms with Crippen LogP contribution in [0.5, 0.6) is 0 Å². The molecule has 1 aliphatic heterocycles. The first-order valence-corrected chi connectivity index (χ1v) is 7.26. The van der Waals surface area contributed by atoms with E-state index in [2.05, 4.69) is 36.1 Å². The average Bonchev–Trinajstić information content (AvgIpc) is 2.41. The summed E-state index contributed by atoms with van der Waals surface area (Å²) in [6.07, 6.45) is 5.23. The summed E-state index contributed by atoms with van der Waals surface area (Å²) >= 11 is 0. The van der Waals surface area contributed by atoms with Crippen LogP contribution in [0.4, 0.5) is 0 Å². The second-order valence-corrected chi connectivity index (χ2v) is 5.64. The van der Waals surface area contributed by atoms with Gasteiger partial charge in [-0.25, -0.2) is 0 Å². The number of hydrogen-bond acceptors (Lipinski definition) is 2. The van der Waals surface area contributed by atoms with Gasteiger partial charge in [-0.1, -0.05) is 29.8 Å². The number of aryl methyl sites for hydroxylation is 1. The summed E-state index contributed by atoms with van der Waals surface area (Å²) in [7, 11) is 0. The van der Waals surface area contributed by atoms with Gasteiger partial charge in [0.2, 0.25) is 0 Å². The summed E-state index contributed by atoms with van der Waals surface area (Å²) in [6.45, 7) is 6.62. The van der Waals surface area contributed by atoms with Crippen LogP contribution >= 0.6 is 0 Å². The SMILES string of the molecule is Cc1ccc(CN2CCC(CCCN)CC2)cc1. The number of rotatable bonds is 5. The van der Waals surface area contributed by atoms with Gasteiger partial charge in [-0.05, 0) is 63.7 Å². The summed E-state index contributed by atoms with van der Waals surface area (Å²) in [4.78, 5) is 2.59. The van der Waals surface area contributed by atoms with Crippen LogP contribution in [-0.2, 0) is 6.54 Å². The molecule has 1 aromatic rings. The maximum absolute atomic E-state index is 5.58. The van der Waals surface area contributed by atoms with Gasteiger partial charge in [0.05, 0.1) is 0 Å². The zero-order valence-electron chi connectivity index (χ0n) is 11.6. The minimum Gasteiger partial charge on any atom is -0.330 e. The quantitative estimate of drug-likeness (QED) is 0.865. The minimum atomic E-state index is 0.851. The number of benzene rings is 1. The minimum absolute atomic E-state index is 0.851. The Morgan fingerprint density at radius 3 is 2.44 bits per heavy atom. The van der Waals surface area contributed by atoms with Gasteiger partial charge in [0.15, 0.2) is 0 Å². The first-order chi connectivity index (χ1) is 8.78. The van der Waals surface area contributed by atoms with Crippen LogP contribution in [0.3, 0.4) is 0 Å². The van der Waals surface area contributed by atoms with Crippen molar-refractivity contribution < 1.29 is 0 Å². The zero-order valence-corrected chi connectivity index (χ0v) is 11.6. The molecule has 2 heteroatoms. The van der Waals surface area contributed by atoms with Crippen LogP contribution in [0.2, 0.25) is 0 Å². The van der Waals surface area contributed by atoms with E-state index in [4.69, 9.17) is 5.73 Å². The Balaban J connectivity index is 1.74. The Bertz CT molecular complexity index is 337. The Hall–Kier alpha value is -0.860. The van der Waals surface area contributed by atoms with Crippen molar-refractivity contribution in [1.29, 1.82) is 0 Å². The van der Waals surface area contributed by atoms with Gasteiger partial charge in [-0.15, -0.1) is 0 Å². The lowest BCUT2D eigenvalue weighted by Crippen LogP contribution is -2.33. The number of hydrogen-bond donors (Lipinski definition) is 1. The Morgan fingerprint density at radius 1 is 1.17 bits per heavy atom. The number of nitrogens with zero attached hydrogens (tertiary/aromatic N) is 1. The summed E-state index contributed by atoms with van der Waals surface area (Å²) in [5.41, 5.74) is 8.37. The molecule has 1 fully saturated rings. The second-order valence-electron chi connectivity index (χ2n) is 5.64. The molecular formula is C16H26N2. The van der Waals surface area contributed by atoms with Crippen molar-refractivity contribution in [1.82, 2.24) is 4.90 Å². The van der Waals surface area contributed by atoms with Gasteiger partial charge in [-0.2, -0.15) is 0 Å². The largest absolute Gasteiger partial charge is 0.330 e. The van der Waals surface area contributed by atoms with E-state index < -0.39 is 0 Å². The van der Waals surface area contributed by atoms with E-state index >= 15 is 0 Å². The van der Waals surface area contributed by atoms with Crippen LogP contribution in [0.1, 0.15) is 36.8 Å². The molecule has 100 valence electrons. The summed E-state index contributed by atoms with van der Waals surface area (Å²) < 4.78 is 0. The van der Waals surface area contributed by atoms with Crippen molar-refractivity contribution in [3.05, 3.63) is 35.4 Å². The molecule has 0 saturated carbocycles. The molecule has 0 spiro atoms. The number of piperidine rings is 1. The molecule has 0 unspecified atom stereocenters. The highest BCUT2D eigenvalue weighted by molar-refractivity contribution is 5.21. The van der Waals surface area contributed by atoms with Crippen molar-refractivity contribution >= 4 is 0 Å². The predicted octanol–water partition coefficient (Wildman–Crippen LogP) is 2.95. The molecule has 2 nitrogen and oxygen atoms in total. The molecule has 0 atom stereocenters. The van der Waals surface area contributed by atoms with Crippen LogP contribution in [0, 0.1) is 12.8 Å². The molecule has 1 aromatic carbocycles. The smallest absolute Gasteiger partial charge is 0.0233 e.